The summed E-state index contributed by atoms with van der Waals surface area (Å²) in [5, 5.41) is 2.92. The predicted octanol–water partition coefficient (Wildman–Crippen LogP) is 0.312. The van der Waals surface area contributed by atoms with Crippen molar-refractivity contribution in [3.63, 3.8) is 0 Å². The van der Waals surface area contributed by atoms with E-state index in [1.165, 1.54) is 0 Å². The Hall–Kier alpha value is 0.120. The molecule has 0 unspecified atom stereocenters. The number of halogens is 1. The van der Waals surface area contributed by atoms with Crippen molar-refractivity contribution in [2.75, 3.05) is 6.54 Å². The number of nitrogens with two attached hydrogens (primary N) is 1. The molecule has 0 aromatic rings. The molecular weight excluding hydrogens is 281 g/mol. The van der Waals surface area contributed by atoms with E-state index in [-0.39, 0.29) is 12.5 Å². The monoisotopic (exact) mass is 297 g/mol. The number of rotatable bonds is 3. The van der Waals surface area contributed by atoms with Crippen LogP contribution in [0.3, 0.4) is 0 Å². The highest BCUT2D eigenvalue weighted by atomic mass is 127. The van der Waals surface area contributed by atoms with Crippen molar-refractivity contribution in [1.29, 1.82) is 0 Å². The lowest BCUT2D eigenvalue weighted by Gasteiger charge is -2.28. The molecule has 4 N–H and O–H groups in total. The fraction of sp³-hybridized carbons (Fsp3) is 0.875. The summed E-state index contributed by atoms with van der Waals surface area (Å²) in [7, 11) is 0. The molecule has 1 rings (SSSR count). The Morgan fingerprint density at radius 2 is 1.85 bits per heavy atom. The molecule has 0 heterocycles. The zero-order chi connectivity index (χ0) is 9.68. The maximum atomic E-state index is 11.0. The van der Waals surface area contributed by atoms with Crippen LogP contribution in [0.15, 0.2) is 0 Å². The third-order valence-electron chi connectivity index (χ3n) is 2.43. The lowest BCUT2D eigenvalue weighted by atomic mass is 9.92. The van der Waals surface area contributed by atoms with Gasteiger partial charge in [-0.3, -0.25) is 8.32 Å². The average Bonchev–Trinajstić information content (AvgIpc) is 2.19. The summed E-state index contributed by atoms with van der Waals surface area (Å²) in [6, 6.07) is 0.962. The van der Waals surface area contributed by atoms with Gasteiger partial charge in [0.15, 0.2) is 0 Å². The van der Waals surface area contributed by atoms with E-state index in [0.29, 0.717) is 12.1 Å². The average molecular weight is 297 g/mol. The Morgan fingerprint density at radius 1 is 1.31 bits per heavy atom. The van der Waals surface area contributed by atoms with Gasteiger partial charge in [0, 0.05) is 34.9 Å². The lowest BCUT2D eigenvalue weighted by Crippen LogP contribution is -2.42. The molecule has 4 nitrogen and oxygen atoms in total. The van der Waals surface area contributed by atoms with Gasteiger partial charge in [-0.2, -0.15) is 0 Å². The zero-order valence-corrected chi connectivity index (χ0v) is 9.71. The molecule has 1 saturated carbocycles. The number of nitrogens with one attached hydrogen (secondary N) is 2. The summed E-state index contributed by atoms with van der Waals surface area (Å²) in [5.74, 6) is -0.0362. The normalized spacial score (nSPS) is 28.5. The van der Waals surface area contributed by atoms with Crippen LogP contribution < -0.4 is 14.6 Å². The first-order valence-corrected chi connectivity index (χ1v) is 5.69. The number of amides is 1. The van der Waals surface area contributed by atoms with Gasteiger partial charge in [0.1, 0.15) is 0 Å². The lowest BCUT2D eigenvalue weighted by molar-refractivity contribution is -0.120. The summed E-state index contributed by atoms with van der Waals surface area (Å²) >= 11 is 2.19. The fourth-order valence-electron chi connectivity index (χ4n) is 1.63. The van der Waals surface area contributed by atoms with Crippen LogP contribution in [0.25, 0.3) is 0 Å². The van der Waals surface area contributed by atoms with Crippen molar-refractivity contribution in [2.45, 2.75) is 37.8 Å². The van der Waals surface area contributed by atoms with Gasteiger partial charge in [-0.1, -0.05) is 0 Å². The van der Waals surface area contributed by atoms with Crippen LogP contribution in [0.5, 0.6) is 0 Å². The van der Waals surface area contributed by atoms with E-state index in [2.05, 4.69) is 31.7 Å². The van der Waals surface area contributed by atoms with Gasteiger partial charge in [0.25, 0.3) is 0 Å². The number of carbonyl (C=O) groups is 1. The van der Waals surface area contributed by atoms with Crippen molar-refractivity contribution in [1.82, 2.24) is 8.85 Å². The second-order valence-electron chi connectivity index (χ2n) is 3.43. The molecule has 1 fully saturated rings. The van der Waals surface area contributed by atoms with Gasteiger partial charge < -0.3 is 11.1 Å². The molecule has 13 heavy (non-hydrogen) atoms. The number of carbonyl (C=O) groups excluding carboxylic acids is 1. The first kappa shape index (κ1) is 11.2. The Bertz CT molecular complexity index is 169. The molecule has 1 amide bonds. The molecule has 1 aliphatic carbocycles. The predicted molar refractivity (Wildman–Crippen MR) is 60.4 cm³/mol. The summed E-state index contributed by atoms with van der Waals surface area (Å²) in [6.45, 7) is 0.102. The van der Waals surface area contributed by atoms with E-state index in [1.54, 1.807) is 0 Å². The minimum atomic E-state index is -0.0362. The van der Waals surface area contributed by atoms with Crippen molar-refractivity contribution in [2.24, 2.45) is 5.73 Å². The van der Waals surface area contributed by atoms with Crippen LogP contribution in [0.4, 0.5) is 0 Å². The minimum absolute atomic E-state index is 0.0362. The Morgan fingerprint density at radius 3 is 2.31 bits per heavy atom. The van der Waals surface area contributed by atoms with Crippen LogP contribution in [-0.4, -0.2) is 24.5 Å². The van der Waals surface area contributed by atoms with E-state index in [1.807, 2.05) is 0 Å². The standard InChI is InChI=1S/C8H16IN3O/c9-12-7-3-1-6(2-4-7)11-8(13)5-10/h6-7,12H,1-5,10H2,(H,11,13)/t6-,7-. The third-order valence-corrected chi connectivity index (χ3v) is 3.31. The highest BCUT2D eigenvalue weighted by Gasteiger charge is 2.20. The molecule has 0 atom stereocenters. The molecule has 0 aliphatic heterocycles. The van der Waals surface area contributed by atoms with Crippen LogP contribution in [-0.2, 0) is 4.79 Å². The van der Waals surface area contributed by atoms with Gasteiger partial charge in [0.2, 0.25) is 5.91 Å². The van der Waals surface area contributed by atoms with E-state index in [9.17, 15) is 4.79 Å². The smallest absolute Gasteiger partial charge is 0.233 e. The molecule has 1 aliphatic rings. The Labute approximate surface area is 92.5 Å². The summed E-state index contributed by atoms with van der Waals surface area (Å²) in [6.07, 6.45) is 4.40. The van der Waals surface area contributed by atoms with Crippen molar-refractivity contribution >= 4 is 28.8 Å². The molecule has 5 heteroatoms. The quantitative estimate of drug-likeness (QED) is 0.519. The highest BCUT2D eigenvalue weighted by molar-refractivity contribution is 14.1. The maximum absolute atomic E-state index is 11.0. The molecule has 0 aromatic heterocycles. The molecule has 0 radical (unpaired) electrons. The van der Waals surface area contributed by atoms with Gasteiger partial charge in [-0.15, -0.1) is 0 Å². The molecule has 0 bridgehead atoms. The van der Waals surface area contributed by atoms with Crippen LogP contribution in [0.2, 0.25) is 0 Å². The van der Waals surface area contributed by atoms with Gasteiger partial charge in [0.05, 0.1) is 6.54 Å². The topological polar surface area (TPSA) is 67.2 Å². The van der Waals surface area contributed by atoms with E-state index in [4.69, 9.17) is 5.73 Å². The molecule has 0 aromatic carbocycles. The first-order valence-electron chi connectivity index (χ1n) is 4.62. The Kier molecular flexibility index (Phi) is 4.97. The van der Waals surface area contributed by atoms with Crippen molar-refractivity contribution < 1.29 is 4.79 Å². The van der Waals surface area contributed by atoms with E-state index in [0.717, 1.165) is 25.7 Å². The Balaban J connectivity index is 2.21. The van der Waals surface area contributed by atoms with Gasteiger partial charge in [-0.25, -0.2) is 0 Å². The molecular formula is C8H16IN3O. The van der Waals surface area contributed by atoms with Crippen LogP contribution >= 0.6 is 22.9 Å². The van der Waals surface area contributed by atoms with Gasteiger partial charge >= 0.3 is 0 Å². The summed E-state index contributed by atoms with van der Waals surface area (Å²) in [5.41, 5.74) is 5.22. The molecule has 76 valence electrons. The van der Waals surface area contributed by atoms with Crippen molar-refractivity contribution in [3.05, 3.63) is 0 Å². The second kappa shape index (κ2) is 5.77. The van der Waals surface area contributed by atoms with Gasteiger partial charge in [-0.05, 0) is 25.7 Å². The first-order chi connectivity index (χ1) is 6.26. The second-order valence-corrected chi connectivity index (χ2v) is 4.05. The number of hydrogen-bond donors (Lipinski definition) is 3. The zero-order valence-electron chi connectivity index (χ0n) is 7.55. The van der Waals surface area contributed by atoms with E-state index < -0.39 is 0 Å². The summed E-state index contributed by atoms with van der Waals surface area (Å²) < 4.78 is 3.22. The maximum Gasteiger partial charge on any atom is 0.233 e. The molecule has 0 spiro atoms. The van der Waals surface area contributed by atoms with E-state index >= 15 is 0 Å². The third kappa shape index (κ3) is 3.78. The summed E-state index contributed by atoms with van der Waals surface area (Å²) in [4.78, 5) is 11.0. The highest BCUT2D eigenvalue weighted by Crippen LogP contribution is 2.19. The SMILES string of the molecule is NCC(=O)N[C@H]1CC[C@H](NI)CC1. The minimum Gasteiger partial charge on any atom is -0.352 e. The fourth-order valence-corrected chi connectivity index (χ4v) is 2.26. The van der Waals surface area contributed by atoms with Crippen LogP contribution in [0.1, 0.15) is 25.7 Å². The van der Waals surface area contributed by atoms with Crippen LogP contribution in [0, 0.1) is 0 Å². The largest absolute Gasteiger partial charge is 0.352 e. The van der Waals surface area contributed by atoms with Crippen molar-refractivity contribution in [3.8, 4) is 0 Å². The number of hydrogen-bond acceptors (Lipinski definition) is 3. The molecule has 0 saturated heterocycles.